The van der Waals surface area contributed by atoms with Crippen molar-refractivity contribution in [3.05, 3.63) is 41.7 Å². The van der Waals surface area contributed by atoms with Crippen molar-refractivity contribution in [2.24, 2.45) is 16.7 Å². The first-order chi connectivity index (χ1) is 9.51. The predicted molar refractivity (Wildman–Crippen MR) is 93.2 cm³/mol. The van der Waals surface area contributed by atoms with Crippen LogP contribution in [0.1, 0.15) is 61.3 Å². The molecule has 0 aromatic heterocycles. The summed E-state index contributed by atoms with van der Waals surface area (Å²) in [6, 6.07) is 0. The van der Waals surface area contributed by atoms with Gasteiger partial charge in [-0.15, -0.1) is 5.73 Å². The average molecular weight is 288 g/mol. The summed E-state index contributed by atoms with van der Waals surface area (Å²) in [5.74, 6) is 0.344. The molecule has 0 heterocycles. The first kappa shape index (κ1) is 19.7. The summed E-state index contributed by atoms with van der Waals surface area (Å²) in [5, 5.41) is 0. The van der Waals surface area contributed by atoms with Gasteiger partial charge in [-0.1, -0.05) is 60.6 Å². The van der Waals surface area contributed by atoms with Gasteiger partial charge in [0.1, 0.15) is 0 Å². The third-order valence-corrected chi connectivity index (χ3v) is 3.37. The topological polar surface area (TPSA) is 17.1 Å². The zero-order valence-electron chi connectivity index (χ0n) is 14.9. The lowest BCUT2D eigenvalue weighted by Crippen LogP contribution is -2.26. The Bertz CT molecular complexity index is 443. The van der Waals surface area contributed by atoms with Crippen LogP contribution in [-0.2, 0) is 4.79 Å². The first-order valence-electron chi connectivity index (χ1n) is 7.78. The minimum atomic E-state index is 0.123. The third-order valence-electron chi connectivity index (χ3n) is 3.37. The lowest BCUT2D eigenvalue weighted by molar-refractivity contribution is -0.104. The summed E-state index contributed by atoms with van der Waals surface area (Å²) >= 11 is 0. The molecule has 1 nitrogen and oxygen atoms in total. The maximum Gasteiger partial charge on any atom is 0.150 e. The fourth-order valence-corrected chi connectivity index (χ4v) is 2.30. The molecular formula is C20H32O. The normalized spacial score (nSPS) is 14.1. The quantitative estimate of drug-likeness (QED) is 0.258. The van der Waals surface area contributed by atoms with E-state index in [0.717, 1.165) is 24.7 Å². The standard InChI is InChI=1S/C20H32O/c1-9-10-11-12-17(15-21)13-16(2)18(20(6,7)8)14-19(3,4)5/h10,12-13,15,18H,2,9,14H2,1,3-8H3. The minimum Gasteiger partial charge on any atom is -0.298 e. The second-order valence-corrected chi connectivity index (χ2v) is 7.94. The molecule has 0 spiro atoms. The molecule has 0 bridgehead atoms. The Morgan fingerprint density at radius 2 is 1.76 bits per heavy atom. The highest BCUT2D eigenvalue weighted by Crippen LogP contribution is 2.40. The van der Waals surface area contributed by atoms with E-state index in [1.165, 1.54) is 0 Å². The van der Waals surface area contributed by atoms with Crippen molar-refractivity contribution in [3.63, 3.8) is 0 Å². The molecule has 0 saturated carbocycles. The molecule has 1 heteroatoms. The molecule has 0 amide bonds. The van der Waals surface area contributed by atoms with Crippen LogP contribution in [0.4, 0.5) is 0 Å². The molecular weight excluding hydrogens is 256 g/mol. The lowest BCUT2D eigenvalue weighted by atomic mass is 9.69. The number of hydrogen-bond donors (Lipinski definition) is 0. The molecule has 0 rings (SSSR count). The van der Waals surface area contributed by atoms with Crippen LogP contribution in [0.15, 0.2) is 41.7 Å². The van der Waals surface area contributed by atoms with Gasteiger partial charge in [-0.25, -0.2) is 0 Å². The van der Waals surface area contributed by atoms with E-state index in [4.69, 9.17) is 0 Å². The van der Waals surface area contributed by atoms with Crippen LogP contribution in [0.25, 0.3) is 0 Å². The van der Waals surface area contributed by atoms with E-state index in [1.807, 2.05) is 19.1 Å². The Hall–Kier alpha value is -1.33. The maximum atomic E-state index is 11.2. The van der Waals surface area contributed by atoms with Crippen LogP contribution in [0.2, 0.25) is 0 Å². The molecule has 1 unspecified atom stereocenters. The van der Waals surface area contributed by atoms with Gasteiger partial charge in [0.2, 0.25) is 0 Å². The van der Waals surface area contributed by atoms with Crippen molar-refractivity contribution < 1.29 is 4.79 Å². The number of allylic oxidation sites excluding steroid dienone is 4. The minimum absolute atomic E-state index is 0.123. The molecule has 0 aliphatic heterocycles. The molecule has 0 aliphatic carbocycles. The van der Waals surface area contributed by atoms with E-state index in [2.05, 4.69) is 53.9 Å². The second-order valence-electron chi connectivity index (χ2n) is 7.94. The second kappa shape index (κ2) is 8.20. The molecule has 0 aliphatic rings. The highest BCUT2D eigenvalue weighted by molar-refractivity contribution is 5.78. The Morgan fingerprint density at radius 3 is 2.14 bits per heavy atom. The summed E-state index contributed by atoms with van der Waals surface area (Å²) in [5.41, 5.74) is 5.03. The van der Waals surface area contributed by atoms with Crippen molar-refractivity contribution in [1.29, 1.82) is 0 Å². The summed E-state index contributed by atoms with van der Waals surface area (Å²) in [6.45, 7) is 19.7. The van der Waals surface area contributed by atoms with E-state index < -0.39 is 0 Å². The number of carbonyl (C=O) groups excluding carboxylic acids is 1. The van der Waals surface area contributed by atoms with Crippen LogP contribution in [0.5, 0.6) is 0 Å². The monoisotopic (exact) mass is 288 g/mol. The van der Waals surface area contributed by atoms with E-state index in [0.29, 0.717) is 11.5 Å². The van der Waals surface area contributed by atoms with Crippen LogP contribution < -0.4 is 0 Å². The largest absolute Gasteiger partial charge is 0.298 e. The summed E-state index contributed by atoms with van der Waals surface area (Å²) in [7, 11) is 0. The van der Waals surface area contributed by atoms with Crippen LogP contribution in [0, 0.1) is 16.7 Å². The van der Waals surface area contributed by atoms with Crippen molar-refractivity contribution in [3.8, 4) is 0 Å². The van der Waals surface area contributed by atoms with Crippen molar-refractivity contribution in [2.75, 3.05) is 0 Å². The van der Waals surface area contributed by atoms with Crippen LogP contribution in [-0.4, -0.2) is 6.29 Å². The maximum absolute atomic E-state index is 11.2. The van der Waals surface area contributed by atoms with E-state index in [9.17, 15) is 4.79 Å². The molecule has 0 aromatic rings. The molecule has 1 atom stereocenters. The van der Waals surface area contributed by atoms with E-state index >= 15 is 0 Å². The fourth-order valence-electron chi connectivity index (χ4n) is 2.30. The number of aldehydes is 1. The van der Waals surface area contributed by atoms with Gasteiger partial charge in [-0.3, -0.25) is 4.79 Å². The first-order valence-corrected chi connectivity index (χ1v) is 7.78. The van der Waals surface area contributed by atoms with Gasteiger partial charge in [0.25, 0.3) is 0 Å². The Kier molecular flexibility index (Phi) is 7.68. The van der Waals surface area contributed by atoms with Crippen molar-refractivity contribution >= 4 is 6.29 Å². The molecule has 0 saturated heterocycles. The Labute approximate surface area is 131 Å². The molecule has 0 fully saturated rings. The summed E-state index contributed by atoms with van der Waals surface area (Å²) in [6.07, 6.45) is 8.39. The van der Waals surface area contributed by atoms with Gasteiger partial charge in [0.15, 0.2) is 6.29 Å². The Morgan fingerprint density at radius 1 is 1.19 bits per heavy atom. The molecule has 21 heavy (non-hydrogen) atoms. The molecule has 0 aromatic carbocycles. The van der Waals surface area contributed by atoms with Crippen LogP contribution >= 0.6 is 0 Å². The SMILES string of the molecule is C=C(C=C(C=O)C=C=CCC)C(CC(C)(C)C)C(C)(C)C. The number of carbonyl (C=O) groups is 1. The van der Waals surface area contributed by atoms with Gasteiger partial charge in [0, 0.05) is 5.57 Å². The van der Waals surface area contributed by atoms with E-state index in [-0.39, 0.29) is 10.8 Å². The molecule has 0 radical (unpaired) electrons. The Balaban J connectivity index is 5.38. The van der Waals surface area contributed by atoms with Gasteiger partial charge >= 0.3 is 0 Å². The van der Waals surface area contributed by atoms with Gasteiger partial charge in [-0.05, 0) is 47.8 Å². The average Bonchev–Trinajstić information content (AvgIpc) is 2.32. The lowest BCUT2D eigenvalue weighted by Gasteiger charge is -2.36. The zero-order valence-corrected chi connectivity index (χ0v) is 14.9. The number of rotatable bonds is 6. The summed E-state index contributed by atoms with van der Waals surface area (Å²) < 4.78 is 0. The van der Waals surface area contributed by atoms with Crippen molar-refractivity contribution in [2.45, 2.75) is 61.3 Å². The third kappa shape index (κ3) is 8.52. The summed E-state index contributed by atoms with van der Waals surface area (Å²) in [4.78, 5) is 11.2. The fraction of sp³-hybridized carbons (Fsp3) is 0.600. The van der Waals surface area contributed by atoms with Gasteiger partial charge < -0.3 is 0 Å². The van der Waals surface area contributed by atoms with Crippen molar-refractivity contribution in [1.82, 2.24) is 0 Å². The molecule has 0 N–H and O–H groups in total. The van der Waals surface area contributed by atoms with E-state index in [1.54, 1.807) is 6.08 Å². The smallest absolute Gasteiger partial charge is 0.150 e. The zero-order chi connectivity index (χ0) is 16.7. The predicted octanol–water partition coefficient (Wildman–Crippen LogP) is 5.89. The molecule has 118 valence electrons. The number of hydrogen-bond acceptors (Lipinski definition) is 1. The van der Waals surface area contributed by atoms with Gasteiger partial charge in [0.05, 0.1) is 0 Å². The highest BCUT2D eigenvalue weighted by Gasteiger charge is 2.30. The van der Waals surface area contributed by atoms with Gasteiger partial charge in [-0.2, -0.15) is 0 Å². The van der Waals surface area contributed by atoms with Crippen LogP contribution in [0.3, 0.4) is 0 Å². The highest BCUT2D eigenvalue weighted by atomic mass is 16.1.